The molecule has 0 aliphatic carbocycles. The zero-order chi connectivity index (χ0) is 15.4. The first-order valence-corrected chi connectivity index (χ1v) is 8.47. The van der Waals surface area contributed by atoms with Gasteiger partial charge in [-0.3, -0.25) is 9.78 Å². The lowest BCUT2D eigenvalue weighted by molar-refractivity contribution is -0.121. The molecule has 5 nitrogen and oxygen atoms in total. The van der Waals surface area contributed by atoms with E-state index >= 15 is 0 Å². The fourth-order valence-corrected chi connectivity index (χ4v) is 3.50. The molecule has 1 aliphatic rings. The number of nitrogens with one attached hydrogen (secondary N) is 2. The molecule has 0 bridgehead atoms. The maximum absolute atomic E-state index is 12.2. The van der Waals surface area contributed by atoms with Crippen molar-refractivity contribution in [2.45, 2.75) is 38.3 Å². The second-order valence-corrected chi connectivity index (χ2v) is 6.54. The van der Waals surface area contributed by atoms with E-state index in [1.807, 2.05) is 23.6 Å². The normalized spacial score (nSPS) is 21.5. The lowest BCUT2D eigenvalue weighted by Crippen LogP contribution is -2.46. The van der Waals surface area contributed by atoms with Crippen molar-refractivity contribution in [1.29, 1.82) is 0 Å². The van der Waals surface area contributed by atoms with Crippen molar-refractivity contribution in [3.8, 4) is 10.7 Å². The number of amides is 1. The maximum atomic E-state index is 12.2. The average Bonchev–Trinajstić information content (AvgIpc) is 2.96. The molecule has 0 aromatic carbocycles. The minimum Gasteiger partial charge on any atom is -0.353 e. The predicted molar refractivity (Wildman–Crippen MR) is 87.7 cm³/mol. The standard InChI is InChI=1S/C16H20N4OS/c1-11-8-12(5-7-17-11)19-15(21)9-13-10-22-16(20-13)14-4-2-3-6-18-14/h2-4,6,10-12,17H,5,7-9H2,1H3,(H,19,21). The average molecular weight is 316 g/mol. The molecule has 22 heavy (non-hydrogen) atoms. The maximum Gasteiger partial charge on any atom is 0.226 e. The van der Waals surface area contributed by atoms with Gasteiger partial charge in [-0.25, -0.2) is 4.98 Å². The Morgan fingerprint density at radius 2 is 2.41 bits per heavy atom. The third kappa shape index (κ3) is 3.90. The fourth-order valence-electron chi connectivity index (χ4n) is 2.70. The van der Waals surface area contributed by atoms with Gasteiger partial charge in [0, 0.05) is 23.7 Å². The number of hydrogen-bond acceptors (Lipinski definition) is 5. The summed E-state index contributed by atoms with van der Waals surface area (Å²) in [7, 11) is 0. The van der Waals surface area contributed by atoms with E-state index in [0.717, 1.165) is 35.8 Å². The molecule has 2 aromatic heterocycles. The van der Waals surface area contributed by atoms with Gasteiger partial charge in [0.05, 0.1) is 17.8 Å². The SMILES string of the molecule is CC1CC(NC(=O)Cc2csc(-c3ccccn3)n2)CCN1. The highest BCUT2D eigenvalue weighted by molar-refractivity contribution is 7.13. The van der Waals surface area contributed by atoms with Crippen molar-refractivity contribution < 1.29 is 4.79 Å². The molecule has 116 valence electrons. The Hall–Kier alpha value is -1.79. The van der Waals surface area contributed by atoms with E-state index in [2.05, 4.69) is 27.5 Å². The second kappa shape index (κ2) is 6.98. The van der Waals surface area contributed by atoms with Crippen LogP contribution in [0.5, 0.6) is 0 Å². The third-order valence-corrected chi connectivity index (χ3v) is 4.68. The van der Waals surface area contributed by atoms with Gasteiger partial charge in [0.15, 0.2) is 0 Å². The summed E-state index contributed by atoms with van der Waals surface area (Å²) in [5.74, 6) is 0.0528. The van der Waals surface area contributed by atoms with Gasteiger partial charge in [0.2, 0.25) is 5.91 Å². The van der Waals surface area contributed by atoms with Crippen LogP contribution in [0.4, 0.5) is 0 Å². The number of rotatable bonds is 4. The van der Waals surface area contributed by atoms with Crippen molar-refractivity contribution in [3.05, 3.63) is 35.5 Å². The highest BCUT2D eigenvalue weighted by Crippen LogP contribution is 2.21. The van der Waals surface area contributed by atoms with Gasteiger partial charge < -0.3 is 10.6 Å². The van der Waals surface area contributed by atoms with E-state index < -0.39 is 0 Å². The lowest BCUT2D eigenvalue weighted by atomic mass is 10.0. The van der Waals surface area contributed by atoms with Crippen LogP contribution in [0.3, 0.4) is 0 Å². The van der Waals surface area contributed by atoms with E-state index in [1.54, 1.807) is 6.20 Å². The second-order valence-electron chi connectivity index (χ2n) is 5.68. The van der Waals surface area contributed by atoms with Crippen LogP contribution >= 0.6 is 11.3 Å². The molecule has 0 radical (unpaired) electrons. The first-order valence-electron chi connectivity index (χ1n) is 7.59. The molecule has 2 unspecified atom stereocenters. The van der Waals surface area contributed by atoms with Crippen LogP contribution in [0.25, 0.3) is 10.7 Å². The van der Waals surface area contributed by atoms with E-state index in [1.165, 1.54) is 11.3 Å². The molecular weight excluding hydrogens is 296 g/mol. The van der Waals surface area contributed by atoms with E-state index in [9.17, 15) is 4.79 Å². The largest absolute Gasteiger partial charge is 0.353 e. The number of carbonyl (C=O) groups is 1. The number of thiazole rings is 1. The first-order chi connectivity index (χ1) is 10.7. The number of hydrogen-bond donors (Lipinski definition) is 2. The molecule has 1 amide bonds. The Bertz CT molecular complexity index is 628. The molecule has 1 fully saturated rings. The van der Waals surface area contributed by atoms with Gasteiger partial charge in [-0.15, -0.1) is 11.3 Å². The highest BCUT2D eigenvalue weighted by atomic mass is 32.1. The van der Waals surface area contributed by atoms with Crippen molar-refractivity contribution in [2.75, 3.05) is 6.54 Å². The fraction of sp³-hybridized carbons (Fsp3) is 0.438. The minimum atomic E-state index is 0.0528. The number of pyridine rings is 1. The summed E-state index contributed by atoms with van der Waals surface area (Å²) in [4.78, 5) is 20.9. The van der Waals surface area contributed by atoms with Gasteiger partial charge >= 0.3 is 0 Å². The van der Waals surface area contributed by atoms with Crippen molar-refractivity contribution in [2.24, 2.45) is 0 Å². The summed E-state index contributed by atoms with van der Waals surface area (Å²) < 4.78 is 0. The summed E-state index contributed by atoms with van der Waals surface area (Å²) >= 11 is 1.53. The molecule has 2 aromatic rings. The zero-order valence-corrected chi connectivity index (χ0v) is 13.4. The molecule has 6 heteroatoms. The van der Waals surface area contributed by atoms with E-state index in [0.29, 0.717) is 12.5 Å². The molecule has 1 saturated heterocycles. The van der Waals surface area contributed by atoms with Crippen molar-refractivity contribution >= 4 is 17.2 Å². The molecule has 1 aliphatic heterocycles. The zero-order valence-electron chi connectivity index (χ0n) is 12.6. The van der Waals surface area contributed by atoms with Crippen LogP contribution in [0.2, 0.25) is 0 Å². The van der Waals surface area contributed by atoms with Crippen molar-refractivity contribution in [1.82, 2.24) is 20.6 Å². The van der Waals surface area contributed by atoms with Crippen LogP contribution < -0.4 is 10.6 Å². The molecule has 3 rings (SSSR count). The predicted octanol–water partition coefficient (Wildman–Crippen LogP) is 2.00. The summed E-state index contributed by atoms with van der Waals surface area (Å²) in [5.41, 5.74) is 1.66. The van der Waals surface area contributed by atoms with Gasteiger partial charge in [-0.2, -0.15) is 0 Å². The molecule has 2 N–H and O–H groups in total. The number of aromatic nitrogens is 2. The Labute approximate surface area is 134 Å². The summed E-state index contributed by atoms with van der Waals surface area (Å²) in [5, 5.41) is 9.30. The monoisotopic (exact) mass is 316 g/mol. The third-order valence-electron chi connectivity index (χ3n) is 3.77. The smallest absolute Gasteiger partial charge is 0.226 e. The Morgan fingerprint density at radius 1 is 1.50 bits per heavy atom. The summed E-state index contributed by atoms with van der Waals surface area (Å²) in [6.07, 6.45) is 4.07. The molecular formula is C16H20N4OS. The van der Waals surface area contributed by atoms with Gasteiger partial charge in [0.1, 0.15) is 5.01 Å². The van der Waals surface area contributed by atoms with Crippen molar-refractivity contribution in [3.63, 3.8) is 0 Å². The van der Waals surface area contributed by atoms with Crippen LogP contribution in [-0.2, 0) is 11.2 Å². The van der Waals surface area contributed by atoms with Gasteiger partial charge in [-0.1, -0.05) is 6.07 Å². The first kappa shape index (κ1) is 15.1. The highest BCUT2D eigenvalue weighted by Gasteiger charge is 2.20. The van der Waals surface area contributed by atoms with Crippen LogP contribution in [0.1, 0.15) is 25.5 Å². The molecule has 0 saturated carbocycles. The molecule has 3 heterocycles. The lowest BCUT2D eigenvalue weighted by Gasteiger charge is -2.28. The summed E-state index contributed by atoms with van der Waals surface area (Å²) in [6.45, 7) is 3.12. The topological polar surface area (TPSA) is 66.9 Å². The Kier molecular flexibility index (Phi) is 4.80. The van der Waals surface area contributed by atoms with Crippen LogP contribution in [0, 0.1) is 0 Å². The minimum absolute atomic E-state index is 0.0528. The van der Waals surface area contributed by atoms with Gasteiger partial charge in [0.25, 0.3) is 0 Å². The molecule has 0 spiro atoms. The van der Waals surface area contributed by atoms with E-state index in [-0.39, 0.29) is 11.9 Å². The number of carbonyl (C=O) groups excluding carboxylic acids is 1. The van der Waals surface area contributed by atoms with E-state index in [4.69, 9.17) is 0 Å². The summed E-state index contributed by atoms with van der Waals surface area (Å²) in [6, 6.07) is 6.49. The van der Waals surface area contributed by atoms with Gasteiger partial charge in [-0.05, 0) is 38.4 Å². The van der Waals surface area contributed by atoms with Crippen LogP contribution in [0.15, 0.2) is 29.8 Å². The van der Waals surface area contributed by atoms with Crippen LogP contribution in [-0.4, -0.2) is 34.5 Å². The quantitative estimate of drug-likeness (QED) is 0.905. The number of piperidine rings is 1. The Balaban J connectivity index is 1.57. The Morgan fingerprint density at radius 3 is 3.18 bits per heavy atom. The number of nitrogens with zero attached hydrogens (tertiary/aromatic N) is 2. The molecule has 2 atom stereocenters.